The molecule has 6 nitrogen and oxygen atoms in total. The molecule has 0 aromatic heterocycles. The number of nitrogens with one attached hydrogen (secondary N) is 2. The van der Waals surface area contributed by atoms with Gasteiger partial charge in [0.05, 0.1) is 12.0 Å². The van der Waals surface area contributed by atoms with E-state index in [1.807, 2.05) is 45.0 Å². The molecule has 154 valence electrons. The molecule has 0 atom stereocenters. The van der Waals surface area contributed by atoms with Crippen molar-refractivity contribution in [3.63, 3.8) is 0 Å². The highest BCUT2D eigenvalue weighted by Crippen LogP contribution is 2.28. The van der Waals surface area contributed by atoms with Gasteiger partial charge in [-0.2, -0.15) is 5.10 Å². The molecule has 0 unspecified atom stereocenters. The van der Waals surface area contributed by atoms with Gasteiger partial charge in [-0.15, -0.1) is 0 Å². The van der Waals surface area contributed by atoms with E-state index in [-0.39, 0.29) is 23.6 Å². The number of carbonyl (C=O) groups excluding carboxylic acids is 2. The van der Waals surface area contributed by atoms with Crippen LogP contribution < -0.4 is 10.7 Å². The summed E-state index contributed by atoms with van der Waals surface area (Å²) < 4.78 is 0. The van der Waals surface area contributed by atoms with Crippen molar-refractivity contribution in [1.82, 2.24) is 5.43 Å². The van der Waals surface area contributed by atoms with Crippen LogP contribution >= 0.6 is 0 Å². The van der Waals surface area contributed by atoms with Gasteiger partial charge in [-0.05, 0) is 50.3 Å². The standard InChI is InChI=1S/C24H25N3O3/c1-14-11-15(2)22(16(3)12-14)25-21(28)13-17(4)26-27-24(30)20-10-9-18-7-5-6-8-19(18)23(20)29/h5-12,29H,13H2,1-4H3,(H,25,28)(H,27,30). The maximum Gasteiger partial charge on any atom is 0.275 e. The van der Waals surface area contributed by atoms with E-state index in [0.717, 1.165) is 27.8 Å². The Hall–Kier alpha value is -3.67. The molecule has 3 rings (SSSR count). The minimum Gasteiger partial charge on any atom is -0.506 e. The molecule has 3 N–H and O–H groups in total. The van der Waals surface area contributed by atoms with E-state index in [0.29, 0.717) is 11.1 Å². The molecule has 0 spiro atoms. The third-order valence-corrected chi connectivity index (χ3v) is 4.85. The number of carbonyl (C=O) groups is 2. The van der Waals surface area contributed by atoms with Crippen LogP contribution in [0.5, 0.6) is 5.75 Å². The smallest absolute Gasteiger partial charge is 0.275 e. The van der Waals surface area contributed by atoms with Gasteiger partial charge < -0.3 is 10.4 Å². The van der Waals surface area contributed by atoms with Gasteiger partial charge in [0.25, 0.3) is 5.91 Å². The first-order chi connectivity index (χ1) is 14.3. The molecule has 30 heavy (non-hydrogen) atoms. The number of aromatic hydroxyl groups is 1. The molecule has 0 bridgehead atoms. The molecule has 0 saturated heterocycles. The average molecular weight is 403 g/mol. The minimum atomic E-state index is -0.539. The molecule has 0 radical (unpaired) electrons. The second-order valence-corrected chi connectivity index (χ2v) is 7.47. The fraction of sp³-hybridized carbons (Fsp3) is 0.208. The monoisotopic (exact) mass is 403 g/mol. The van der Waals surface area contributed by atoms with Crippen LogP contribution in [0.2, 0.25) is 0 Å². The molecule has 2 amide bonds. The zero-order chi connectivity index (χ0) is 21.8. The summed E-state index contributed by atoms with van der Waals surface area (Å²) in [6, 6.07) is 14.6. The zero-order valence-corrected chi connectivity index (χ0v) is 17.5. The lowest BCUT2D eigenvalue weighted by atomic mass is 10.0. The number of amides is 2. The number of anilines is 1. The Bertz CT molecular complexity index is 1140. The maximum atomic E-state index is 12.4. The largest absolute Gasteiger partial charge is 0.506 e. The third kappa shape index (κ3) is 4.66. The highest BCUT2D eigenvalue weighted by atomic mass is 16.3. The lowest BCUT2D eigenvalue weighted by molar-refractivity contribution is -0.115. The number of rotatable bonds is 5. The topological polar surface area (TPSA) is 90.8 Å². The predicted molar refractivity (Wildman–Crippen MR) is 120 cm³/mol. The van der Waals surface area contributed by atoms with Crippen molar-refractivity contribution in [2.45, 2.75) is 34.1 Å². The van der Waals surface area contributed by atoms with Crippen LogP contribution in [0.4, 0.5) is 5.69 Å². The number of nitrogens with zero attached hydrogens (tertiary/aromatic N) is 1. The Kier molecular flexibility index (Phi) is 6.16. The van der Waals surface area contributed by atoms with Gasteiger partial charge in [-0.1, -0.05) is 48.0 Å². The van der Waals surface area contributed by atoms with Crippen LogP contribution in [-0.4, -0.2) is 22.6 Å². The number of hydrogen-bond acceptors (Lipinski definition) is 4. The maximum absolute atomic E-state index is 12.4. The second-order valence-electron chi connectivity index (χ2n) is 7.47. The van der Waals surface area contributed by atoms with E-state index in [2.05, 4.69) is 15.8 Å². The third-order valence-electron chi connectivity index (χ3n) is 4.85. The Morgan fingerprint density at radius 2 is 1.67 bits per heavy atom. The summed E-state index contributed by atoms with van der Waals surface area (Å²) in [7, 11) is 0. The zero-order valence-electron chi connectivity index (χ0n) is 17.5. The van der Waals surface area contributed by atoms with E-state index in [1.165, 1.54) is 0 Å². The molecule has 0 aliphatic rings. The molecule has 0 aliphatic heterocycles. The number of aryl methyl sites for hydroxylation is 3. The quantitative estimate of drug-likeness (QED) is 0.429. The first kappa shape index (κ1) is 21.0. The summed E-state index contributed by atoms with van der Waals surface area (Å²) >= 11 is 0. The molecule has 6 heteroatoms. The summed E-state index contributed by atoms with van der Waals surface area (Å²) in [5, 5.41) is 18.7. The summed E-state index contributed by atoms with van der Waals surface area (Å²) in [4.78, 5) is 24.8. The van der Waals surface area contributed by atoms with Crippen LogP contribution in [-0.2, 0) is 4.79 Å². The lowest BCUT2D eigenvalue weighted by Crippen LogP contribution is -2.22. The first-order valence-corrected chi connectivity index (χ1v) is 9.68. The molecule has 3 aromatic carbocycles. The van der Waals surface area contributed by atoms with Gasteiger partial charge in [0.15, 0.2) is 0 Å². The Balaban J connectivity index is 1.66. The van der Waals surface area contributed by atoms with Crippen molar-refractivity contribution in [2.24, 2.45) is 5.10 Å². The van der Waals surface area contributed by atoms with Gasteiger partial charge in [0, 0.05) is 16.8 Å². The number of phenols is 1. The van der Waals surface area contributed by atoms with Crippen LogP contribution in [0.3, 0.4) is 0 Å². The minimum absolute atomic E-state index is 0.0384. The van der Waals surface area contributed by atoms with Gasteiger partial charge >= 0.3 is 0 Å². The molecule has 0 heterocycles. The lowest BCUT2D eigenvalue weighted by Gasteiger charge is -2.13. The summed E-state index contributed by atoms with van der Waals surface area (Å²) in [5.74, 6) is -0.848. The van der Waals surface area contributed by atoms with Gasteiger partial charge in [-0.3, -0.25) is 9.59 Å². The van der Waals surface area contributed by atoms with Crippen molar-refractivity contribution >= 4 is 34.0 Å². The number of benzene rings is 3. The fourth-order valence-corrected chi connectivity index (χ4v) is 3.48. The first-order valence-electron chi connectivity index (χ1n) is 9.68. The number of fused-ring (bicyclic) bond motifs is 1. The highest BCUT2D eigenvalue weighted by molar-refractivity contribution is 6.07. The number of phenolic OH excluding ortho intramolecular Hbond substituents is 1. The fourth-order valence-electron chi connectivity index (χ4n) is 3.48. The summed E-state index contributed by atoms with van der Waals surface area (Å²) in [6.45, 7) is 7.58. The molecule has 0 fully saturated rings. The highest BCUT2D eigenvalue weighted by Gasteiger charge is 2.14. The number of hydrogen-bond donors (Lipinski definition) is 3. The van der Waals surface area contributed by atoms with Crippen molar-refractivity contribution in [3.05, 3.63) is 70.8 Å². The van der Waals surface area contributed by atoms with Crippen LogP contribution in [0.25, 0.3) is 10.8 Å². The summed E-state index contributed by atoms with van der Waals surface area (Å²) in [6.07, 6.45) is 0.0384. The van der Waals surface area contributed by atoms with E-state index in [4.69, 9.17) is 0 Å². The van der Waals surface area contributed by atoms with E-state index >= 15 is 0 Å². The van der Waals surface area contributed by atoms with Crippen molar-refractivity contribution < 1.29 is 14.7 Å². The molecular formula is C24H25N3O3. The van der Waals surface area contributed by atoms with Gasteiger partial charge in [0.2, 0.25) is 5.91 Å². The summed E-state index contributed by atoms with van der Waals surface area (Å²) in [5.41, 5.74) is 6.91. The Labute approximate surface area is 175 Å². The van der Waals surface area contributed by atoms with Crippen molar-refractivity contribution in [2.75, 3.05) is 5.32 Å². The molecule has 0 saturated carbocycles. The Morgan fingerprint density at radius 1 is 1.00 bits per heavy atom. The van der Waals surface area contributed by atoms with Crippen LogP contribution in [0, 0.1) is 20.8 Å². The van der Waals surface area contributed by atoms with E-state index in [1.54, 1.807) is 31.2 Å². The van der Waals surface area contributed by atoms with Crippen LogP contribution in [0.1, 0.15) is 40.4 Å². The second kappa shape index (κ2) is 8.78. The Morgan fingerprint density at radius 3 is 2.37 bits per heavy atom. The molecule has 0 aliphatic carbocycles. The van der Waals surface area contributed by atoms with E-state index < -0.39 is 5.91 Å². The SMILES string of the molecule is CC(CC(=O)Nc1c(C)cc(C)cc1C)=NNC(=O)c1ccc2ccccc2c1O. The normalized spacial score (nSPS) is 11.4. The molecular weight excluding hydrogens is 378 g/mol. The molecule has 3 aromatic rings. The predicted octanol–water partition coefficient (Wildman–Crippen LogP) is 4.61. The average Bonchev–Trinajstić information content (AvgIpc) is 2.69. The van der Waals surface area contributed by atoms with E-state index in [9.17, 15) is 14.7 Å². The van der Waals surface area contributed by atoms with Gasteiger partial charge in [0.1, 0.15) is 5.75 Å². The van der Waals surface area contributed by atoms with Gasteiger partial charge in [-0.25, -0.2) is 5.43 Å². The number of hydrazone groups is 1. The van der Waals surface area contributed by atoms with Crippen LogP contribution in [0.15, 0.2) is 53.6 Å². The van der Waals surface area contributed by atoms with Crippen molar-refractivity contribution in [3.8, 4) is 5.75 Å². The van der Waals surface area contributed by atoms with Crippen molar-refractivity contribution in [1.29, 1.82) is 0 Å².